The molecule has 2 aliphatic rings. The van der Waals surface area contributed by atoms with E-state index in [1.807, 2.05) is 6.07 Å². The van der Waals surface area contributed by atoms with Crippen LogP contribution in [0.15, 0.2) is 12.1 Å². The fourth-order valence-corrected chi connectivity index (χ4v) is 2.67. The van der Waals surface area contributed by atoms with Gasteiger partial charge in [-0.3, -0.25) is 4.79 Å². The maximum atomic E-state index is 11.7. The highest BCUT2D eigenvalue weighted by atomic mass is 35.5. The second kappa shape index (κ2) is 6.42. The van der Waals surface area contributed by atoms with Gasteiger partial charge in [0.2, 0.25) is 0 Å². The molecule has 0 aliphatic heterocycles. The highest BCUT2D eigenvalue weighted by Crippen LogP contribution is 2.33. The summed E-state index contributed by atoms with van der Waals surface area (Å²) in [5, 5.41) is 7.30. The van der Waals surface area contributed by atoms with Crippen LogP contribution in [0, 0.1) is 0 Å². The first-order chi connectivity index (χ1) is 10.1. The molecule has 0 bridgehead atoms. The van der Waals surface area contributed by atoms with Crippen molar-refractivity contribution in [1.82, 2.24) is 10.6 Å². The molecule has 2 fully saturated rings. The van der Waals surface area contributed by atoms with Gasteiger partial charge < -0.3 is 15.4 Å². The summed E-state index contributed by atoms with van der Waals surface area (Å²) >= 11 is 12.2. The molecule has 1 aromatic rings. The van der Waals surface area contributed by atoms with Crippen molar-refractivity contribution in [2.24, 2.45) is 0 Å². The van der Waals surface area contributed by atoms with Crippen LogP contribution in [0.5, 0.6) is 5.75 Å². The molecule has 114 valence electrons. The van der Waals surface area contributed by atoms with Gasteiger partial charge >= 0.3 is 0 Å². The maximum absolute atomic E-state index is 11.7. The number of rotatable bonds is 7. The first kappa shape index (κ1) is 14.9. The Labute approximate surface area is 134 Å². The first-order valence-corrected chi connectivity index (χ1v) is 8.01. The molecule has 1 amide bonds. The molecular formula is C15H18Cl2N2O2. The van der Waals surface area contributed by atoms with Crippen molar-refractivity contribution in [2.75, 3.05) is 6.61 Å². The lowest BCUT2D eigenvalue weighted by atomic mass is 10.2. The molecule has 2 saturated carbocycles. The zero-order valence-electron chi connectivity index (χ0n) is 11.6. The molecule has 0 saturated heterocycles. The largest absolute Gasteiger partial charge is 0.482 e. The topological polar surface area (TPSA) is 50.4 Å². The summed E-state index contributed by atoms with van der Waals surface area (Å²) < 4.78 is 5.62. The van der Waals surface area contributed by atoms with Crippen molar-refractivity contribution in [1.29, 1.82) is 0 Å². The lowest BCUT2D eigenvalue weighted by Crippen LogP contribution is -2.30. The Bertz CT molecular complexity index is 543. The van der Waals surface area contributed by atoms with Gasteiger partial charge in [-0.1, -0.05) is 23.2 Å². The van der Waals surface area contributed by atoms with Gasteiger partial charge in [0, 0.05) is 29.2 Å². The summed E-state index contributed by atoms with van der Waals surface area (Å²) in [6.45, 7) is 0.624. The summed E-state index contributed by atoms with van der Waals surface area (Å²) in [5.74, 6) is 0.435. The van der Waals surface area contributed by atoms with Crippen LogP contribution in [0.25, 0.3) is 0 Å². The van der Waals surface area contributed by atoms with E-state index in [2.05, 4.69) is 10.6 Å². The zero-order chi connectivity index (χ0) is 14.8. The van der Waals surface area contributed by atoms with Gasteiger partial charge in [-0.2, -0.15) is 0 Å². The summed E-state index contributed by atoms with van der Waals surface area (Å²) in [7, 11) is 0. The predicted octanol–water partition coefficient (Wildman–Crippen LogP) is 2.90. The fourth-order valence-electron chi connectivity index (χ4n) is 2.08. The number of benzene rings is 1. The smallest absolute Gasteiger partial charge is 0.258 e. The first-order valence-electron chi connectivity index (χ1n) is 7.25. The van der Waals surface area contributed by atoms with E-state index in [4.69, 9.17) is 27.9 Å². The van der Waals surface area contributed by atoms with Gasteiger partial charge in [-0.25, -0.2) is 0 Å². The molecule has 0 aromatic heterocycles. The minimum atomic E-state index is -0.107. The normalized spacial score (nSPS) is 17.6. The molecule has 4 nitrogen and oxygen atoms in total. The second-order valence-corrected chi connectivity index (χ2v) is 6.51. The van der Waals surface area contributed by atoms with E-state index in [-0.39, 0.29) is 12.5 Å². The predicted molar refractivity (Wildman–Crippen MR) is 83.0 cm³/mol. The Hall–Kier alpha value is -0.970. The number of halogens is 2. The molecule has 21 heavy (non-hydrogen) atoms. The summed E-state index contributed by atoms with van der Waals surface area (Å²) in [5.41, 5.74) is 0.888. The molecule has 0 atom stereocenters. The number of amides is 1. The lowest BCUT2D eigenvalue weighted by Gasteiger charge is -2.14. The third-order valence-electron chi connectivity index (χ3n) is 3.53. The molecule has 0 spiro atoms. The van der Waals surface area contributed by atoms with Crippen LogP contribution in [-0.2, 0) is 11.3 Å². The van der Waals surface area contributed by atoms with Gasteiger partial charge in [-0.15, -0.1) is 0 Å². The number of carbonyl (C=O) groups is 1. The van der Waals surface area contributed by atoms with E-state index >= 15 is 0 Å². The Morgan fingerprint density at radius 1 is 1.19 bits per heavy atom. The van der Waals surface area contributed by atoms with Crippen LogP contribution >= 0.6 is 23.2 Å². The van der Waals surface area contributed by atoms with Crippen LogP contribution in [0.2, 0.25) is 10.0 Å². The Morgan fingerprint density at radius 3 is 2.57 bits per heavy atom. The minimum Gasteiger partial charge on any atom is -0.482 e. The molecule has 0 radical (unpaired) electrons. The average Bonchev–Trinajstić information content (AvgIpc) is 3.30. The Balaban J connectivity index is 1.63. The van der Waals surface area contributed by atoms with Gasteiger partial charge in [-0.05, 0) is 37.8 Å². The van der Waals surface area contributed by atoms with Crippen molar-refractivity contribution in [2.45, 2.75) is 44.3 Å². The molecule has 2 N–H and O–H groups in total. The highest BCUT2D eigenvalue weighted by Gasteiger charge is 2.24. The number of hydrogen-bond donors (Lipinski definition) is 2. The van der Waals surface area contributed by atoms with E-state index in [1.54, 1.807) is 6.07 Å². The third-order valence-corrected chi connectivity index (χ3v) is 4.03. The zero-order valence-corrected chi connectivity index (χ0v) is 13.1. The SMILES string of the molecule is O=C(COc1c(Cl)cc(Cl)cc1CNC1CC1)NC1CC1. The molecule has 3 rings (SSSR count). The summed E-state index contributed by atoms with van der Waals surface area (Å²) in [6.07, 6.45) is 4.52. The number of carbonyl (C=O) groups excluding carboxylic acids is 1. The molecular weight excluding hydrogens is 311 g/mol. The standard InChI is InChI=1S/C15H18Cl2N2O2/c16-10-5-9(7-18-11-1-2-11)15(13(17)6-10)21-8-14(20)19-12-3-4-12/h5-6,11-12,18H,1-4,7-8H2,(H,19,20). The van der Waals surface area contributed by atoms with E-state index in [0.29, 0.717) is 34.4 Å². The molecule has 1 aromatic carbocycles. The van der Waals surface area contributed by atoms with Gasteiger partial charge in [0.15, 0.2) is 6.61 Å². The van der Waals surface area contributed by atoms with Crippen molar-refractivity contribution in [3.05, 3.63) is 27.7 Å². The lowest BCUT2D eigenvalue weighted by molar-refractivity contribution is -0.123. The van der Waals surface area contributed by atoms with E-state index < -0.39 is 0 Å². The Kier molecular flexibility index (Phi) is 4.57. The van der Waals surface area contributed by atoms with Crippen LogP contribution in [-0.4, -0.2) is 24.6 Å². The number of nitrogens with one attached hydrogen (secondary N) is 2. The van der Waals surface area contributed by atoms with Crippen LogP contribution in [0.4, 0.5) is 0 Å². The van der Waals surface area contributed by atoms with Crippen molar-refractivity contribution >= 4 is 29.1 Å². The Morgan fingerprint density at radius 2 is 1.90 bits per heavy atom. The van der Waals surface area contributed by atoms with Gasteiger partial charge in [0.25, 0.3) is 5.91 Å². The third kappa shape index (κ3) is 4.50. The summed E-state index contributed by atoms with van der Waals surface area (Å²) in [4.78, 5) is 11.7. The van der Waals surface area contributed by atoms with E-state index in [1.165, 1.54) is 12.8 Å². The fraction of sp³-hybridized carbons (Fsp3) is 0.533. The average molecular weight is 329 g/mol. The van der Waals surface area contributed by atoms with Crippen molar-refractivity contribution in [3.8, 4) is 5.75 Å². The van der Waals surface area contributed by atoms with Gasteiger partial charge in [0.05, 0.1) is 5.02 Å². The van der Waals surface area contributed by atoms with Crippen molar-refractivity contribution in [3.63, 3.8) is 0 Å². The summed E-state index contributed by atoms with van der Waals surface area (Å²) in [6, 6.07) is 4.38. The number of hydrogen-bond acceptors (Lipinski definition) is 3. The highest BCUT2D eigenvalue weighted by molar-refractivity contribution is 6.35. The van der Waals surface area contributed by atoms with Gasteiger partial charge in [0.1, 0.15) is 5.75 Å². The molecule has 0 heterocycles. The monoisotopic (exact) mass is 328 g/mol. The van der Waals surface area contributed by atoms with Crippen LogP contribution < -0.4 is 15.4 Å². The molecule has 2 aliphatic carbocycles. The van der Waals surface area contributed by atoms with Crippen LogP contribution in [0.1, 0.15) is 31.2 Å². The number of ether oxygens (including phenoxy) is 1. The van der Waals surface area contributed by atoms with E-state index in [0.717, 1.165) is 18.4 Å². The maximum Gasteiger partial charge on any atom is 0.258 e. The molecule has 0 unspecified atom stereocenters. The molecule has 6 heteroatoms. The van der Waals surface area contributed by atoms with Crippen LogP contribution in [0.3, 0.4) is 0 Å². The minimum absolute atomic E-state index is 0.0196. The quantitative estimate of drug-likeness (QED) is 0.809. The second-order valence-electron chi connectivity index (χ2n) is 5.66. The van der Waals surface area contributed by atoms with E-state index in [9.17, 15) is 4.79 Å². The van der Waals surface area contributed by atoms with Crippen molar-refractivity contribution < 1.29 is 9.53 Å².